The summed E-state index contributed by atoms with van der Waals surface area (Å²) in [4.78, 5) is 24.0. The molecule has 4 saturated carbocycles. The van der Waals surface area contributed by atoms with Crippen molar-refractivity contribution in [3.63, 3.8) is 0 Å². The summed E-state index contributed by atoms with van der Waals surface area (Å²) < 4.78 is 10.3. The summed E-state index contributed by atoms with van der Waals surface area (Å²) in [6.45, 7) is -0.0215. The SMILES string of the molecule is COC(=O)c1cccc(OCC(=O)NC23CC4CC(CC(C4)C2)C3)c1. The molecule has 0 aliphatic heterocycles. The normalized spacial score (nSPS) is 32.3. The minimum atomic E-state index is -0.413. The Hall–Kier alpha value is -2.04. The highest BCUT2D eigenvalue weighted by Crippen LogP contribution is 2.55. The predicted molar refractivity (Wildman–Crippen MR) is 92.3 cm³/mol. The Labute approximate surface area is 148 Å². The third-order valence-electron chi connectivity index (χ3n) is 6.07. The highest BCUT2D eigenvalue weighted by molar-refractivity contribution is 5.89. The van der Waals surface area contributed by atoms with Crippen LogP contribution in [0.4, 0.5) is 0 Å². The zero-order chi connectivity index (χ0) is 17.4. The molecule has 1 N–H and O–H groups in total. The first-order valence-electron chi connectivity index (χ1n) is 9.17. The van der Waals surface area contributed by atoms with Gasteiger partial charge in [0.15, 0.2) is 6.61 Å². The van der Waals surface area contributed by atoms with Gasteiger partial charge in [-0.15, -0.1) is 0 Å². The van der Waals surface area contributed by atoms with Gasteiger partial charge in [0.25, 0.3) is 5.91 Å². The smallest absolute Gasteiger partial charge is 0.337 e. The number of carbonyl (C=O) groups excluding carboxylic acids is 2. The number of rotatable bonds is 5. The second-order valence-electron chi connectivity index (χ2n) is 8.05. The number of hydrogen-bond acceptors (Lipinski definition) is 4. The maximum atomic E-state index is 12.4. The molecule has 0 aromatic heterocycles. The van der Waals surface area contributed by atoms with Crippen LogP contribution in [0.3, 0.4) is 0 Å². The predicted octanol–water partition coefficient (Wildman–Crippen LogP) is 2.94. The van der Waals surface area contributed by atoms with Crippen molar-refractivity contribution in [1.82, 2.24) is 5.32 Å². The molecule has 4 aliphatic carbocycles. The minimum absolute atomic E-state index is 0.00303. The lowest BCUT2D eigenvalue weighted by atomic mass is 9.53. The molecule has 0 saturated heterocycles. The Morgan fingerprint density at radius 3 is 2.36 bits per heavy atom. The van der Waals surface area contributed by atoms with Crippen LogP contribution in [0.5, 0.6) is 5.75 Å². The number of ether oxygens (including phenoxy) is 2. The average Bonchev–Trinajstić information content (AvgIpc) is 2.58. The van der Waals surface area contributed by atoms with E-state index in [1.54, 1.807) is 24.3 Å². The molecular formula is C20H25NO4. The summed E-state index contributed by atoms with van der Waals surface area (Å²) in [5, 5.41) is 3.29. The van der Waals surface area contributed by atoms with Gasteiger partial charge in [-0.2, -0.15) is 0 Å². The molecule has 0 spiro atoms. The lowest BCUT2D eigenvalue weighted by Gasteiger charge is -2.56. The van der Waals surface area contributed by atoms with Crippen LogP contribution in [0, 0.1) is 17.8 Å². The van der Waals surface area contributed by atoms with Gasteiger partial charge >= 0.3 is 5.97 Å². The van der Waals surface area contributed by atoms with Gasteiger partial charge in [0, 0.05) is 5.54 Å². The number of methoxy groups -OCH3 is 1. The summed E-state index contributed by atoms with van der Waals surface area (Å²) in [5.74, 6) is 2.41. The van der Waals surface area contributed by atoms with E-state index in [0.717, 1.165) is 37.0 Å². The summed E-state index contributed by atoms with van der Waals surface area (Å²) in [6, 6.07) is 6.72. The molecule has 0 heterocycles. The molecule has 0 atom stereocenters. The van der Waals surface area contributed by atoms with Gasteiger partial charge in [-0.1, -0.05) is 6.07 Å². The van der Waals surface area contributed by atoms with E-state index >= 15 is 0 Å². The van der Waals surface area contributed by atoms with Crippen molar-refractivity contribution in [3.8, 4) is 5.75 Å². The van der Waals surface area contributed by atoms with Crippen molar-refractivity contribution in [2.24, 2.45) is 17.8 Å². The Balaban J connectivity index is 1.35. The van der Waals surface area contributed by atoms with Gasteiger partial charge in [0.1, 0.15) is 5.75 Å². The maximum Gasteiger partial charge on any atom is 0.337 e. The molecule has 4 bridgehead atoms. The Morgan fingerprint density at radius 2 is 1.76 bits per heavy atom. The van der Waals surface area contributed by atoms with Crippen LogP contribution in [-0.4, -0.2) is 31.1 Å². The molecule has 0 unspecified atom stereocenters. The average molecular weight is 343 g/mol. The first-order valence-corrected chi connectivity index (χ1v) is 9.17. The molecule has 1 amide bonds. The topological polar surface area (TPSA) is 64.6 Å². The van der Waals surface area contributed by atoms with Gasteiger partial charge in [0.05, 0.1) is 12.7 Å². The number of hydrogen-bond donors (Lipinski definition) is 1. The van der Waals surface area contributed by atoms with Gasteiger partial charge in [0.2, 0.25) is 0 Å². The molecule has 5 rings (SSSR count). The number of esters is 1. The van der Waals surface area contributed by atoms with Crippen molar-refractivity contribution >= 4 is 11.9 Å². The standard InChI is InChI=1S/C20H25NO4/c1-24-19(23)16-3-2-4-17(8-16)25-12-18(22)21-20-9-13-5-14(10-20)7-15(6-13)11-20/h2-4,8,13-15H,5-7,9-12H2,1H3,(H,21,22). The Morgan fingerprint density at radius 1 is 1.12 bits per heavy atom. The fourth-order valence-electron chi connectivity index (χ4n) is 5.58. The highest BCUT2D eigenvalue weighted by atomic mass is 16.5. The molecule has 134 valence electrons. The van der Waals surface area contributed by atoms with Crippen LogP contribution in [0.1, 0.15) is 48.9 Å². The van der Waals surface area contributed by atoms with E-state index in [-0.39, 0.29) is 18.1 Å². The highest BCUT2D eigenvalue weighted by Gasteiger charge is 2.51. The first-order chi connectivity index (χ1) is 12.0. The van der Waals surface area contributed by atoms with Crippen LogP contribution in [0.25, 0.3) is 0 Å². The zero-order valence-corrected chi connectivity index (χ0v) is 14.6. The number of amides is 1. The van der Waals surface area contributed by atoms with Gasteiger partial charge < -0.3 is 14.8 Å². The lowest BCUT2D eigenvalue weighted by molar-refractivity contribution is -0.128. The second-order valence-corrected chi connectivity index (χ2v) is 8.05. The van der Waals surface area contributed by atoms with Crippen LogP contribution >= 0.6 is 0 Å². The van der Waals surface area contributed by atoms with Gasteiger partial charge in [-0.05, 0) is 74.5 Å². The second kappa shape index (κ2) is 6.36. The fourth-order valence-corrected chi connectivity index (χ4v) is 5.58. The van der Waals surface area contributed by atoms with Crippen molar-refractivity contribution in [1.29, 1.82) is 0 Å². The van der Waals surface area contributed by atoms with Crippen LogP contribution in [0.15, 0.2) is 24.3 Å². The molecule has 4 aliphatic rings. The molecule has 1 aromatic carbocycles. The molecule has 25 heavy (non-hydrogen) atoms. The van der Waals surface area contributed by atoms with Crippen molar-refractivity contribution in [2.45, 2.75) is 44.1 Å². The minimum Gasteiger partial charge on any atom is -0.484 e. The summed E-state index contributed by atoms with van der Waals surface area (Å²) in [7, 11) is 1.34. The van der Waals surface area contributed by atoms with E-state index in [0.29, 0.717) is 11.3 Å². The molecule has 0 radical (unpaired) electrons. The number of benzene rings is 1. The molecule has 5 nitrogen and oxygen atoms in total. The van der Waals surface area contributed by atoms with E-state index in [4.69, 9.17) is 9.47 Å². The largest absolute Gasteiger partial charge is 0.484 e. The Bertz CT molecular complexity index is 649. The van der Waals surface area contributed by atoms with Gasteiger partial charge in [-0.25, -0.2) is 4.79 Å². The molecular weight excluding hydrogens is 318 g/mol. The summed E-state index contributed by atoms with van der Waals surface area (Å²) in [6.07, 6.45) is 7.44. The van der Waals surface area contributed by atoms with Crippen molar-refractivity contribution < 1.29 is 19.1 Å². The van der Waals surface area contributed by atoms with E-state index < -0.39 is 5.97 Å². The molecule has 1 aromatic rings. The van der Waals surface area contributed by atoms with Crippen LogP contribution < -0.4 is 10.1 Å². The van der Waals surface area contributed by atoms with E-state index in [9.17, 15) is 9.59 Å². The zero-order valence-electron chi connectivity index (χ0n) is 14.6. The van der Waals surface area contributed by atoms with Gasteiger partial charge in [-0.3, -0.25) is 4.79 Å². The van der Waals surface area contributed by atoms with Crippen molar-refractivity contribution in [3.05, 3.63) is 29.8 Å². The maximum absolute atomic E-state index is 12.4. The van der Waals surface area contributed by atoms with E-state index in [2.05, 4.69) is 5.32 Å². The first kappa shape index (κ1) is 16.4. The fraction of sp³-hybridized carbons (Fsp3) is 0.600. The van der Waals surface area contributed by atoms with E-state index in [1.807, 2.05) is 0 Å². The van der Waals surface area contributed by atoms with E-state index in [1.165, 1.54) is 26.4 Å². The third-order valence-corrected chi connectivity index (χ3v) is 6.07. The summed E-state index contributed by atoms with van der Waals surface area (Å²) >= 11 is 0. The van der Waals surface area contributed by atoms with Crippen LogP contribution in [0.2, 0.25) is 0 Å². The monoisotopic (exact) mass is 343 g/mol. The number of carbonyl (C=O) groups is 2. The lowest BCUT2D eigenvalue weighted by Crippen LogP contribution is -2.60. The quantitative estimate of drug-likeness (QED) is 0.835. The van der Waals surface area contributed by atoms with Crippen molar-refractivity contribution in [2.75, 3.05) is 13.7 Å². The Kier molecular flexibility index (Phi) is 4.18. The third kappa shape index (κ3) is 3.37. The molecule has 5 heteroatoms. The number of nitrogens with one attached hydrogen (secondary N) is 1. The molecule has 4 fully saturated rings. The summed E-state index contributed by atoms with van der Waals surface area (Å²) in [5.41, 5.74) is 0.421. The van der Waals surface area contributed by atoms with Crippen LogP contribution in [-0.2, 0) is 9.53 Å².